The van der Waals surface area contributed by atoms with Crippen LogP contribution >= 0.6 is 0 Å². The van der Waals surface area contributed by atoms with Gasteiger partial charge in [-0.05, 0) is 92.4 Å². The average Bonchev–Trinajstić information content (AvgIpc) is 2.87. The summed E-state index contributed by atoms with van der Waals surface area (Å²) in [6, 6.07) is 5.10. The predicted molar refractivity (Wildman–Crippen MR) is 162 cm³/mol. The van der Waals surface area contributed by atoms with Gasteiger partial charge in [-0.15, -0.1) is 13.2 Å². The molecule has 200 valence electrons. The van der Waals surface area contributed by atoms with Gasteiger partial charge >= 0.3 is 0 Å². The number of hydrogen-bond acceptors (Lipinski definition) is 0. The van der Waals surface area contributed by atoms with Crippen LogP contribution in [0.15, 0.2) is 36.9 Å². The van der Waals surface area contributed by atoms with Gasteiger partial charge in [0.05, 0.1) is 0 Å². The van der Waals surface area contributed by atoms with Crippen molar-refractivity contribution in [3.8, 4) is 0 Å². The maximum atomic E-state index is 3.00. The predicted octanol–water partition coefficient (Wildman–Crippen LogP) is 12.0. The van der Waals surface area contributed by atoms with Crippen molar-refractivity contribution in [3.05, 3.63) is 59.2 Å². The van der Waals surface area contributed by atoms with Gasteiger partial charge in [0.2, 0.25) is 0 Å². The van der Waals surface area contributed by atoms with Crippen molar-refractivity contribution in [1.29, 1.82) is 0 Å². The molecule has 1 aromatic rings. The maximum Gasteiger partial charge on any atom is -0.00857 e. The summed E-state index contributed by atoms with van der Waals surface area (Å²) < 4.78 is 0. The van der Waals surface area contributed by atoms with Crippen molar-refractivity contribution < 1.29 is 0 Å². The molecule has 1 aliphatic carbocycles. The van der Waals surface area contributed by atoms with Crippen LogP contribution in [0.5, 0.6) is 0 Å². The average molecular weight is 473 g/mol. The summed E-state index contributed by atoms with van der Waals surface area (Å²) in [5, 5.41) is 0. The van der Waals surface area contributed by atoms with Gasteiger partial charge in [-0.3, -0.25) is 0 Å². The second-order valence-corrected chi connectivity index (χ2v) is 9.05. The third-order valence-corrected chi connectivity index (χ3v) is 6.43. The molecule has 2 unspecified atom stereocenters. The minimum atomic E-state index is 0.719. The van der Waals surface area contributed by atoms with Crippen LogP contribution in [0.1, 0.15) is 149 Å². The van der Waals surface area contributed by atoms with E-state index in [4.69, 9.17) is 0 Å². The Hall–Kier alpha value is -1.30. The van der Waals surface area contributed by atoms with Crippen molar-refractivity contribution in [2.45, 2.75) is 147 Å². The lowest BCUT2D eigenvalue weighted by molar-refractivity contribution is 0.303. The van der Waals surface area contributed by atoms with Crippen molar-refractivity contribution in [2.24, 2.45) is 11.8 Å². The van der Waals surface area contributed by atoms with Gasteiger partial charge in [-0.2, -0.15) is 0 Å². The van der Waals surface area contributed by atoms with Gasteiger partial charge in [-0.25, -0.2) is 0 Å². The van der Waals surface area contributed by atoms with Gasteiger partial charge in [0.1, 0.15) is 0 Å². The van der Waals surface area contributed by atoms with E-state index in [2.05, 4.69) is 72.9 Å². The molecule has 0 fully saturated rings. The lowest BCUT2D eigenvalue weighted by atomic mass is 9.69. The third-order valence-electron chi connectivity index (χ3n) is 6.43. The van der Waals surface area contributed by atoms with Crippen molar-refractivity contribution >= 4 is 0 Å². The molecule has 0 spiro atoms. The highest BCUT2D eigenvalue weighted by atomic mass is 14.4. The molecule has 0 N–H and O–H groups in total. The lowest BCUT2D eigenvalue weighted by Gasteiger charge is -2.36. The standard InChI is InChI=1S/C26H42.3C2H6.C2H4/c1-7-9-11-12-22-17-21(6)26(23(18-22)13-10-8-2)25-16-20(5)14-15-24(25)19(3)4;4*1-2/h14,17-19,24-25H,7-13,15-16H2,1-6H3;3*1-2H3;1-2H2. The van der Waals surface area contributed by atoms with Gasteiger partial charge in [0, 0.05) is 0 Å². The zero-order chi connectivity index (χ0) is 27.1. The van der Waals surface area contributed by atoms with E-state index in [1.807, 2.05) is 41.5 Å². The molecule has 0 saturated carbocycles. The molecule has 1 aromatic carbocycles. The fourth-order valence-electron chi connectivity index (χ4n) is 4.92. The molecule has 34 heavy (non-hydrogen) atoms. The summed E-state index contributed by atoms with van der Waals surface area (Å²) in [5.74, 6) is 2.27. The molecular weight excluding hydrogens is 408 g/mol. The highest BCUT2D eigenvalue weighted by Crippen LogP contribution is 2.44. The molecule has 0 radical (unpaired) electrons. The maximum absolute atomic E-state index is 3.00. The number of rotatable bonds is 9. The van der Waals surface area contributed by atoms with Crippen molar-refractivity contribution in [1.82, 2.24) is 0 Å². The summed E-state index contributed by atoms with van der Waals surface area (Å²) in [6.45, 7) is 32.2. The van der Waals surface area contributed by atoms with Crippen LogP contribution in [-0.2, 0) is 12.8 Å². The largest absolute Gasteiger partial charge is 0.106 e. The number of allylic oxidation sites excluding steroid dienone is 2. The van der Waals surface area contributed by atoms with E-state index < -0.39 is 0 Å². The first-order valence-electron chi connectivity index (χ1n) is 14.8. The van der Waals surface area contributed by atoms with E-state index in [0.29, 0.717) is 0 Å². The molecule has 1 aliphatic rings. The van der Waals surface area contributed by atoms with Crippen LogP contribution < -0.4 is 0 Å². The fraction of sp³-hybridized carbons (Fsp3) is 0.706. The summed E-state index contributed by atoms with van der Waals surface area (Å²) >= 11 is 0. The van der Waals surface area contributed by atoms with E-state index >= 15 is 0 Å². The Kier molecular flexibility index (Phi) is 27.2. The van der Waals surface area contributed by atoms with Crippen LogP contribution in [-0.4, -0.2) is 0 Å². The Balaban J connectivity index is -0.00000108. The summed E-state index contributed by atoms with van der Waals surface area (Å²) in [6.07, 6.45) is 14.1. The number of benzene rings is 1. The molecular formula is C34H64. The van der Waals surface area contributed by atoms with E-state index in [-0.39, 0.29) is 0 Å². The third kappa shape index (κ3) is 13.6. The van der Waals surface area contributed by atoms with E-state index in [1.54, 1.807) is 27.8 Å². The lowest BCUT2D eigenvalue weighted by Crippen LogP contribution is -2.23. The number of hydrogen-bond donors (Lipinski definition) is 0. The first-order chi connectivity index (χ1) is 16.5. The molecule has 2 atom stereocenters. The molecule has 0 amide bonds. The highest BCUT2D eigenvalue weighted by Gasteiger charge is 2.31. The summed E-state index contributed by atoms with van der Waals surface area (Å²) in [7, 11) is 0. The fourth-order valence-corrected chi connectivity index (χ4v) is 4.92. The molecule has 0 nitrogen and oxygen atoms in total. The molecule has 0 aliphatic heterocycles. The SMILES string of the molecule is C=C.CC.CC.CC.CCCCCc1cc(C)c(C2CC(C)=CCC2C(C)C)c(CCCC)c1. The molecule has 0 saturated heterocycles. The normalized spacial score (nSPS) is 16.3. The van der Waals surface area contributed by atoms with Crippen LogP contribution in [0, 0.1) is 18.8 Å². The van der Waals surface area contributed by atoms with E-state index in [0.717, 1.165) is 17.8 Å². The molecule has 0 aromatic heterocycles. The molecule has 2 rings (SSSR count). The second kappa shape index (κ2) is 24.8. The minimum Gasteiger partial charge on any atom is -0.106 e. The highest BCUT2D eigenvalue weighted by molar-refractivity contribution is 5.43. The molecule has 0 heteroatoms. The summed E-state index contributed by atoms with van der Waals surface area (Å²) in [5.41, 5.74) is 8.12. The van der Waals surface area contributed by atoms with Gasteiger partial charge in [0.15, 0.2) is 0 Å². The Morgan fingerprint density at radius 1 is 0.824 bits per heavy atom. The second-order valence-electron chi connectivity index (χ2n) is 9.05. The molecule has 0 bridgehead atoms. The van der Waals surface area contributed by atoms with Crippen LogP contribution in [0.3, 0.4) is 0 Å². The van der Waals surface area contributed by atoms with Crippen LogP contribution in [0.25, 0.3) is 0 Å². The summed E-state index contributed by atoms with van der Waals surface area (Å²) in [4.78, 5) is 0. The van der Waals surface area contributed by atoms with Crippen LogP contribution in [0.2, 0.25) is 0 Å². The van der Waals surface area contributed by atoms with Gasteiger partial charge in [-0.1, -0.05) is 112 Å². The zero-order valence-electron chi connectivity index (χ0n) is 25.7. The number of unbranched alkanes of at least 4 members (excludes halogenated alkanes) is 3. The first kappa shape index (κ1) is 37.3. The Morgan fingerprint density at radius 2 is 1.38 bits per heavy atom. The first-order valence-corrected chi connectivity index (χ1v) is 14.8. The Morgan fingerprint density at radius 3 is 1.88 bits per heavy atom. The zero-order valence-corrected chi connectivity index (χ0v) is 25.7. The van der Waals surface area contributed by atoms with Crippen molar-refractivity contribution in [3.63, 3.8) is 0 Å². The van der Waals surface area contributed by atoms with Gasteiger partial charge in [0.25, 0.3) is 0 Å². The van der Waals surface area contributed by atoms with E-state index in [9.17, 15) is 0 Å². The van der Waals surface area contributed by atoms with Gasteiger partial charge < -0.3 is 0 Å². The Labute approximate surface area is 217 Å². The smallest absolute Gasteiger partial charge is 0.00857 e. The van der Waals surface area contributed by atoms with E-state index in [1.165, 1.54) is 57.8 Å². The van der Waals surface area contributed by atoms with Crippen LogP contribution in [0.4, 0.5) is 0 Å². The Bertz CT molecular complexity index is 605. The topological polar surface area (TPSA) is 0 Å². The number of aryl methyl sites for hydroxylation is 3. The van der Waals surface area contributed by atoms with Crippen molar-refractivity contribution in [2.75, 3.05) is 0 Å². The minimum absolute atomic E-state index is 0.719. The quantitative estimate of drug-likeness (QED) is 0.247. The monoisotopic (exact) mass is 473 g/mol. The molecule has 0 heterocycles.